The normalized spacial score (nSPS) is 14.1. The average Bonchev–Trinajstić information content (AvgIpc) is 2.41. The maximum Gasteiger partial charge on any atom is 0.135 e. The summed E-state index contributed by atoms with van der Waals surface area (Å²) in [6.45, 7) is 9.97. The van der Waals surface area contributed by atoms with Crippen LogP contribution in [0.5, 0.6) is 0 Å². The monoisotopic (exact) mass is 262 g/mol. The van der Waals surface area contributed by atoms with E-state index in [0.717, 1.165) is 25.2 Å². The van der Waals surface area contributed by atoms with E-state index in [1.165, 1.54) is 5.56 Å². The van der Waals surface area contributed by atoms with Gasteiger partial charge in [0, 0.05) is 30.8 Å². The number of rotatable bonds is 8. The van der Waals surface area contributed by atoms with Gasteiger partial charge in [0.05, 0.1) is 0 Å². The lowest BCUT2D eigenvalue weighted by molar-refractivity contribution is -0.123. The van der Waals surface area contributed by atoms with Crippen molar-refractivity contribution in [2.75, 3.05) is 6.54 Å². The van der Waals surface area contributed by atoms with E-state index in [1.807, 2.05) is 33.0 Å². The highest BCUT2D eigenvalue weighted by atomic mass is 16.1. The molecule has 2 atom stereocenters. The third-order valence-corrected chi connectivity index (χ3v) is 3.78. The van der Waals surface area contributed by atoms with Gasteiger partial charge in [0.15, 0.2) is 0 Å². The Morgan fingerprint density at radius 3 is 2.79 bits per heavy atom. The van der Waals surface area contributed by atoms with Gasteiger partial charge in [0.25, 0.3) is 0 Å². The van der Waals surface area contributed by atoms with Gasteiger partial charge in [-0.25, -0.2) is 0 Å². The van der Waals surface area contributed by atoms with Gasteiger partial charge < -0.3 is 5.32 Å². The highest BCUT2D eigenvalue weighted by Crippen LogP contribution is 2.16. The Morgan fingerprint density at radius 1 is 1.42 bits per heavy atom. The van der Waals surface area contributed by atoms with Crippen molar-refractivity contribution in [3.8, 4) is 0 Å². The van der Waals surface area contributed by atoms with Crippen LogP contribution >= 0.6 is 0 Å². The molecule has 3 nitrogen and oxygen atoms in total. The lowest BCUT2D eigenvalue weighted by atomic mass is 9.88. The third kappa shape index (κ3) is 5.52. The third-order valence-electron chi connectivity index (χ3n) is 3.78. The zero-order valence-electron chi connectivity index (χ0n) is 12.6. The number of nitrogens with one attached hydrogen (secondary N) is 1. The zero-order chi connectivity index (χ0) is 14.3. The van der Waals surface area contributed by atoms with Gasteiger partial charge in [0.2, 0.25) is 0 Å². The number of ketones is 1. The Labute approximate surface area is 116 Å². The topological polar surface area (TPSA) is 42.0 Å². The molecule has 1 aromatic rings. The molecule has 1 N–H and O–H groups in total. The molecule has 0 saturated carbocycles. The second kappa shape index (κ2) is 8.05. The highest BCUT2D eigenvalue weighted by molar-refractivity contribution is 5.80. The Balaban J connectivity index is 2.25. The van der Waals surface area contributed by atoms with Crippen molar-refractivity contribution in [3.05, 3.63) is 29.6 Å². The molecule has 0 aromatic carbocycles. The summed E-state index contributed by atoms with van der Waals surface area (Å²) >= 11 is 0. The predicted molar refractivity (Wildman–Crippen MR) is 78.9 cm³/mol. The average molecular weight is 262 g/mol. The fourth-order valence-corrected chi connectivity index (χ4v) is 2.17. The van der Waals surface area contributed by atoms with Gasteiger partial charge in [0.1, 0.15) is 5.78 Å². The standard InChI is InChI=1S/C16H26N2O/c1-5-16(19)14(4)12(2)6-8-17-11-15-7-9-18-13(3)10-15/h7,9-10,12,14,17H,5-6,8,11H2,1-4H3/t12-,14-/m0/s1. The maximum atomic E-state index is 11.6. The summed E-state index contributed by atoms with van der Waals surface area (Å²) in [6.07, 6.45) is 3.53. The summed E-state index contributed by atoms with van der Waals surface area (Å²) in [6, 6.07) is 4.13. The molecular weight excluding hydrogens is 236 g/mol. The van der Waals surface area contributed by atoms with Crippen molar-refractivity contribution >= 4 is 5.78 Å². The van der Waals surface area contributed by atoms with Crippen LogP contribution < -0.4 is 5.32 Å². The van der Waals surface area contributed by atoms with Gasteiger partial charge >= 0.3 is 0 Å². The molecule has 1 heterocycles. The Kier molecular flexibility index (Phi) is 6.71. The van der Waals surface area contributed by atoms with Crippen molar-refractivity contribution in [1.82, 2.24) is 10.3 Å². The van der Waals surface area contributed by atoms with Crippen LogP contribution in [0.2, 0.25) is 0 Å². The Hall–Kier alpha value is -1.22. The van der Waals surface area contributed by atoms with E-state index < -0.39 is 0 Å². The van der Waals surface area contributed by atoms with Gasteiger partial charge in [-0.3, -0.25) is 9.78 Å². The zero-order valence-corrected chi connectivity index (χ0v) is 12.6. The van der Waals surface area contributed by atoms with E-state index in [2.05, 4.69) is 23.3 Å². The first-order valence-electron chi connectivity index (χ1n) is 7.19. The van der Waals surface area contributed by atoms with Crippen molar-refractivity contribution in [3.63, 3.8) is 0 Å². The first kappa shape index (κ1) is 15.8. The second-order valence-corrected chi connectivity index (χ2v) is 5.36. The molecule has 3 heteroatoms. The predicted octanol–water partition coefficient (Wildman–Crippen LogP) is 3.12. The van der Waals surface area contributed by atoms with E-state index in [4.69, 9.17) is 0 Å². The van der Waals surface area contributed by atoms with Crippen molar-refractivity contribution in [2.45, 2.75) is 47.1 Å². The number of hydrogen-bond acceptors (Lipinski definition) is 3. The molecule has 106 valence electrons. The van der Waals surface area contributed by atoms with E-state index in [0.29, 0.717) is 18.1 Å². The highest BCUT2D eigenvalue weighted by Gasteiger charge is 2.17. The van der Waals surface area contributed by atoms with Gasteiger partial charge in [-0.1, -0.05) is 20.8 Å². The van der Waals surface area contributed by atoms with Crippen LogP contribution in [0.1, 0.15) is 44.9 Å². The minimum atomic E-state index is 0.176. The number of hydrogen-bond donors (Lipinski definition) is 1. The summed E-state index contributed by atoms with van der Waals surface area (Å²) < 4.78 is 0. The van der Waals surface area contributed by atoms with E-state index in [1.54, 1.807) is 0 Å². The Morgan fingerprint density at radius 2 is 2.16 bits per heavy atom. The van der Waals surface area contributed by atoms with Crippen LogP contribution in [0.25, 0.3) is 0 Å². The smallest absolute Gasteiger partial charge is 0.135 e. The SMILES string of the molecule is CCC(=O)[C@@H](C)[C@@H](C)CCNCc1ccnc(C)c1. The van der Waals surface area contributed by atoms with Crippen LogP contribution in [-0.4, -0.2) is 17.3 Å². The fraction of sp³-hybridized carbons (Fsp3) is 0.625. The number of aryl methyl sites for hydroxylation is 1. The molecule has 1 rings (SSSR count). The van der Waals surface area contributed by atoms with Gasteiger partial charge in [-0.2, -0.15) is 0 Å². The van der Waals surface area contributed by atoms with Crippen LogP contribution in [0.4, 0.5) is 0 Å². The Bertz CT molecular complexity index is 403. The fourth-order valence-electron chi connectivity index (χ4n) is 2.17. The summed E-state index contributed by atoms with van der Waals surface area (Å²) in [4.78, 5) is 15.8. The van der Waals surface area contributed by atoms with Crippen LogP contribution in [0.15, 0.2) is 18.3 Å². The summed E-state index contributed by atoms with van der Waals surface area (Å²) in [5.41, 5.74) is 2.31. The van der Waals surface area contributed by atoms with E-state index in [9.17, 15) is 4.79 Å². The van der Waals surface area contributed by atoms with E-state index in [-0.39, 0.29) is 5.92 Å². The molecule has 0 spiro atoms. The summed E-state index contributed by atoms with van der Waals surface area (Å²) in [5.74, 6) is 0.992. The minimum Gasteiger partial charge on any atom is -0.313 e. The van der Waals surface area contributed by atoms with Crippen LogP contribution in [-0.2, 0) is 11.3 Å². The molecule has 0 unspecified atom stereocenters. The number of carbonyl (C=O) groups is 1. The molecule has 0 aliphatic rings. The van der Waals surface area contributed by atoms with Gasteiger partial charge in [-0.05, 0) is 43.5 Å². The quantitative estimate of drug-likeness (QED) is 0.732. The molecule has 1 aromatic heterocycles. The largest absolute Gasteiger partial charge is 0.313 e. The molecule has 0 bridgehead atoms. The van der Waals surface area contributed by atoms with Crippen LogP contribution in [0.3, 0.4) is 0 Å². The first-order chi connectivity index (χ1) is 9.04. The molecule has 0 fully saturated rings. The molecule has 0 saturated heterocycles. The molecule has 0 amide bonds. The lowest BCUT2D eigenvalue weighted by Gasteiger charge is -2.18. The summed E-state index contributed by atoms with van der Waals surface area (Å²) in [7, 11) is 0. The van der Waals surface area contributed by atoms with Crippen molar-refractivity contribution in [2.24, 2.45) is 11.8 Å². The summed E-state index contributed by atoms with van der Waals surface area (Å²) in [5, 5.41) is 3.43. The second-order valence-electron chi connectivity index (χ2n) is 5.36. The van der Waals surface area contributed by atoms with Crippen molar-refractivity contribution < 1.29 is 4.79 Å². The molecule has 0 aliphatic carbocycles. The number of nitrogens with zero attached hydrogens (tertiary/aromatic N) is 1. The molecule has 0 radical (unpaired) electrons. The maximum absolute atomic E-state index is 11.6. The number of Topliss-reactive ketones (excluding diaryl/α,β-unsaturated/α-hetero) is 1. The number of aromatic nitrogens is 1. The number of pyridine rings is 1. The first-order valence-corrected chi connectivity index (χ1v) is 7.19. The van der Waals surface area contributed by atoms with Crippen LogP contribution in [0, 0.1) is 18.8 Å². The minimum absolute atomic E-state index is 0.176. The van der Waals surface area contributed by atoms with Crippen molar-refractivity contribution in [1.29, 1.82) is 0 Å². The van der Waals surface area contributed by atoms with E-state index >= 15 is 0 Å². The molecule has 19 heavy (non-hydrogen) atoms. The number of carbonyl (C=O) groups excluding carboxylic acids is 1. The van der Waals surface area contributed by atoms with Gasteiger partial charge in [-0.15, -0.1) is 0 Å². The molecular formula is C16H26N2O. The molecule has 0 aliphatic heterocycles. The lowest BCUT2D eigenvalue weighted by Crippen LogP contribution is -2.23.